The summed E-state index contributed by atoms with van der Waals surface area (Å²) in [5.41, 5.74) is 1.23. The fourth-order valence-electron chi connectivity index (χ4n) is 3.30. The SMILES string of the molecule is COc1ccc(-c2c(S(=O)(=O)c3ccc(C)c(F)c3)cnc3c(F)cccc23)cc1. The number of aryl methyl sites for hydroxylation is 1. The molecule has 4 rings (SSSR count). The van der Waals surface area contributed by atoms with E-state index >= 15 is 0 Å². The molecule has 3 aromatic carbocycles. The number of ether oxygens (including phenoxy) is 1. The van der Waals surface area contributed by atoms with E-state index in [9.17, 15) is 17.2 Å². The highest BCUT2D eigenvalue weighted by Crippen LogP contribution is 2.37. The lowest BCUT2D eigenvalue weighted by Gasteiger charge is -2.15. The van der Waals surface area contributed by atoms with Gasteiger partial charge in [-0.05, 0) is 48.4 Å². The van der Waals surface area contributed by atoms with Gasteiger partial charge in [-0.1, -0.05) is 30.3 Å². The van der Waals surface area contributed by atoms with Crippen molar-refractivity contribution < 1.29 is 21.9 Å². The maximum Gasteiger partial charge on any atom is 0.208 e. The lowest BCUT2D eigenvalue weighted by atomic mass is 10.0. The first-order valence-corrected chi connectivity index (χ1v) is 10.5. The van der Waals surface area contributed by atoms with Crippen molar-refractivity contribution in [3.05, 3.63) is 84.1 Å². The molecule has 4 aromatic rings. The molecule has 0 spiro atoms. The molecule has 1 heterocycles. The summed E-state index contributed by atoms with van der Waals surface area (Å²) in [5, 5.41) is 0.342. The fourth-order valence-corrected chi connectivity index (χ4v) is 4.74. The van der Waals surface area contributed by atoms with Gasteiger partial charge in [0.15, 0.2) is 0 Å². The summed E-state index contributed by atoms with van der Waals surface area (Å²) < 4.78 is 60.5. The number of methoxy groups -OCH3 is 1. The van der Waals surface area contributed by atoms with Crippen LogP contribution in [0.15, 0.2) is 76.7 Å². The number of halogens is 2. The van der Waals surface area contributed by atoms with Crippen LogP contribution in [0.3, 0.4) is 0 Å². The molecule has 30 heavy (non-hydrogen) atoms. The van der Waals surface area contributed by atoms with Crippen molar-refractivity contribution in [2.24, 2.45) is 0 Å². The zero-order valence-corrected chi connectivity index (χ0v) is 17.0. The Morgan fingerprint density at radius 3 is 2.33 bits per heavy atom. The third-order valence-corrected chi connectivity index (χ3v) is 6.70. The molecule has 0 atom stereocenters. The molecular weight excluding hydrogens is 408 g/mol. The van der Waals surface area contributed by atoms with Crippen molar-refractivity contribution in [3.8, 4) is 16.9 Å². The van der Waals surface area contributed by atoms with Gasteiger partial charge in [0.05, 0.1) is 16.9 Å². The van der Waals surface area contributed by atoms with Crippen molar-refractivity contribution in [1.82, 2.24) is 4.98 Å². The molecule has 0 aliphatic carbocycles. The fraction of sp³-hybridized carbons (Fsp3) is 0.0870. The second-order valence-corrected chi connectivity index (χ2v) is 8.69. The molecule has 0 fully saturated rings. The molecule has 0 aliphatic rings. The van der Waals surface area contributed by atoms with Crippen molar-refractivity contribution in [2.75, 3.05) is 7.11 Å². The highest BCUT2D eigenvalue weighted by atomic mass is 32.2. The second-order valence-electron chi connectivity index (χ2n) is 6.78. The Hall–Kier alpha value is -3.32. The average Bonchev–Trinajstić information content (AvgIpc) is 2.75. The topological polar surface area (TPSA) is 56.3 Å². The second kappa shape index (κ2) is 7.50. The largest absolute Gasteiger partial charge is 0.497 e. The van der Waals surface area contributed by atoms with Crippen molar-refractivity contribution in [3.63, 3.8) is 0 Å². The molecule has 0 bridgehead atoms. The molecule has 0 radical (unpaired) electrons. The van der Waals surface area contributed by atoms with Crippen LogP contribution < -0.4 is 4.74 Å². The van der Waals surface area contributed by atoms with Crippen molar-refractivity contribution in [2.45, 2.75) is 16.7 Å². The van der Waals surface area contributed by atoms with Crippen LogP contribution in [0, 0.1) is 18.6 Å². The van der Waals surface area contributed by atoms with E-state index in [0.29, 0.717) is 27.8 Å². The standard InChI is InChI=1S/C23H17F2NO3S/c1-14-6-11-17(12-20(14)25)30(27,28)21-13-26-23-18(4-3-5-19(23)24)22(21)15-7-9-16(29-2)10-8-15/h3-13H,1-2H3. The zero-order valence-electron chi connectivity index (χ0n) is 16.2. The van der Waals surface area contributed by atoms with Crippen LogP contribution in [-0.2, 0) is 9.84 Å². The number of nitrogens with zero attached hydrogens (tertiary/aromatic N) is 1. The van der Waals surface area contributed by atoms with Gasteiger partial charge in [-0.25, -0.2) is 17.2 Å². The Labute approximate surface area is 172 Å². The number of hydrogen-bond donors (Lipinski definition) is 0. The highest BCUT2D eigenvalue weighted by molar-refractivity contribution is 7.91. The van der Waals surface area contributed by atoms with Gasteiger partial charge in [-0.2, -0.15) is 0 Å². The first kappa shape index (κ1) is 20.0. The molecule has 0 aliphatic heterocycles. The van der Waals surface area contributed by atoms with E-state index in [-0.39, 0.29) is 15.3 Å². The maximum absolute atomic E-state index is 14.4. The van der Waals surface area contributed by atoms with Gasteiger partial charge in [-0.3, -0.25) is 4.98 Å². The third-order valence-electron chi connectivity index (χ3n) is 4.94. The number of pyridine rings is 1. The van der Waals surface area contributed by atoms with Crippen molar-refractivity contribution >= 4 is 20.7 Å². The molecule has 0 saturated heterocycles. The van der Waals surface area contributed by atoms with Gasteiger partial charge >= 0.3 is 0 Å². The minimum absolute atomic E-state index is 0.0531. The van der Waals surface area contributed by atoms with Crippen LogP contribution in [0.5, 0.6) is 5.75 Å². The minimum Gasteiger partial charge on any atom is -0.497 e. The monoisotopic (exact) mass is 425 g/mol. The Morgan fingerprint density at radius 1 is 0.933 bits per heavy atom. The Morgan fingerprint density at radius 2 is 1.67 bits per heavy atom. The number of rotatable bonds is 4. The molecule has 0 saturated carbocycles. The molecular formula is C23H17F2NO3S. The van der Waals surface area contributed by atoms with E-state index in [0.717, 1.165) is 12.3 Å². The van der Waals surface area contributed by atoms with Crippen LogP contribution >= 0.6 is 0 Å². The number of para-hydroxylation sites is 1. The number of benzene rings is 3. The van der Waals surface area contributed by atoms with E-state index in [2.05, 4.69) is 4.98 Å². The summed E-state index contributed by atoms with van der Waals surface area (Å²) in [6.45, 7) is 1.55. The average molecular weight is 425 g/mol. The van der Waals surface area contributed by atoms with Gasteiger partial charge in [0.2, 0.25) is 9.84 Å². The van der Waals surface area contributed by atoms with Crippen molar-refractivity contribution in [1.29, 1.82) is 0 Å². The lowest BCUT2D eigenvalue weighted by molar-refractivity contribution is 0.415. The summed E-state index contributed by atoms with van der Waals surface area (Å²) in [4.78, 5) is 3.73. The summed E-state index contributed by atoms with van der Waals surface area (Å²) >= 11 is 0. The van der Waals surface area contributed by atoms with E-state index in [4.69, 9.17) is 4.74 Å². The van der Waals surface area contributed by atoms with E-state index < -0.39 is 21.5 Å². The highest BCUT2D eigenvalue weighted by Gasteiger charge is 2.26. The first-order valence-electron chi connectivity index (χ1n) is 9.06. The zero-order chi connectivity index (χ0) is 21.5. The number of fused-ring (bicyclic) bond motifs is 1. The molecule has 152 valence electrons. The predicted octanol–water partition coefficient (Wildman–Crippen LogP) is 5.33. The Kier molecular flexibility index (Phi) is 4.99. The smallest absolute Gasteiger partial charge is 0.208 e. The molecule has 1 aromatic heterocycles. The minimum atomic E-state index is -4.13. The summed E-state index contributed by atoms with van der Waals surface area (Å²) in [5.74, 6) is -0.595. The number of sulfone groups is 1. The van der Waals surface area contributed by atoms with Crippen LogP contribution in [0.25, 0.3) is 22.0 Å². The van der Waals surface area contributed by atoms with E-state index in [1.54, 1.807) is 37.3 Å². The van der Waals surface area contributed by atoms with Gasteiger partial charge in [0, 0.05) is 17.1 Å². The normalized spacial score (nSPS) is 11.6. The van der Waals surface area contributed by atoms with E-state index in [1.165, 1.54) is 31.4 Å². The van der Waals surface area contributed by atoms with Gasteiger partial charge in [-0.15, -0.1) is 0 Å². The lowest BCUT2D eigenvalue weighted by Crippen LogP contribution is -2.07. The molecule has 0 N–H and O–H groups in total. The first-order chi connectivity index (χ1) is 14.3. The van der Waals surface area contributed by atoms with E-state index in [1.807, 2.05) is 0 Å². The van der Waals surface area contributed by atoms with Gasteiger partial charge in [0.1, 0.15) is 22.9 Å². The van der Waals surface area contributed by atoms with Gasteiger partial charge in [0.25, 0.3) is 0 Å². The van der Waals surface area contributed by atoms with Crippen LogP contribution in [0.1, 0.15) is 5.56 Å². The maximum atomic E-state index is 14.4. The predicted molar refractivity (Wildman–Crippen MR) is 110 cm³/mol. The summed E-state index contributed by atoms with van der Waals surface area (Å²) in [6, 6.07) is 14.8. The summed E-state index contributed by atoms with van der Waals surface area (Å²) in [7, 11) is -2.61. The Balaban J connectivity index is 2.05. The quantitative estimate of drug-likeness (QED) is 0.444. The number of hydrogen-bond acceptors (Lipinski definition) is 4. The molecule has 4 nitrogen and oxygen atoms in total. The Bertz CT molecular complexity index is 1370. The number of aromatic nitrogens is 1. The molecule has 0 amide bonds. The van der Waals surface area contributed by atoms with Crippen LogP contribution in [0.4, 0.5) is 8.78 Å². The molecule has 7 heteroatoms. The third kappa shape index (κ3) is 3.31. The van der Waals surface area contributed by atoms with Crippen LogP contribution in [-0.4, -0.2) is 20.5 Å². The van der Waals surface area contributed by atoms with Crippen LogP contribution in [0.2, 0.25) is 0 Å². The molecule has 0 unspecified atom stereocenters. The summed E-state index contributed by atoms with van der Waals surface area (Å²) in [6.07, 6.45) is 1.12. The van der Waals surface area contributed by atoms with Gasteiger partial charge < -0.3 is 4.74 Å².